The molecule has 1 heterocycles. The van der Waals surface area contributed by atoms with Crippen molar-refractivity contribution < 1.29 is 28.6 Å². The molecule has 1 N–H and O–H groups in total. The molecule has 2 aromatic rings. The van der Waals surface area contributed by atoms with E-state index >= 15 is 0 Å². The topological polar surface area (TPSA) is 90.9 Å². The van der Waals surface area contributed by atoms with E-state index in [1.165, 1.54) is 13.2 Å². The number of fused-ring (bicyclic) bond motifs is 1. The van der Waals surface area contributed by atoms with E-state index in [0.717, 1.165) is 5.56 Å². The zero-order chi connectivity index (χ0) is 21.0. The molecule has 1 aliphatic heterocycles. The van der Waals surface area contributed by atoms with Crippen molar-refractivity contribution in [3.8, 4) is 11.5 Å². The van der Waals surface area contributed by atoms with Crippen LogP contribution in [0.5, 0.6) is 11.5 Å². The van der Waals surface area contributed by atoms with Gasteiger partial charge in [-0.15, -0.1) is 0 Å². The van der Waals surface area contributed by atoms with E-state index in [1.807, 2.05) is 0 Å². The second kappa shape index (κ2) is 8.60. The van der Waals surface area contributed by atoms with Crippen LogP contribution >= 0.6 is 0 Å². The van der Waals surface area contributed by atoms with Gasteiger partial charge in [-0.1, -0.05) is 0 Å². The number of anilines is 1. The van der Waals surface area contributed by atoms with Crippen molar-refractivity contribution in [3.05, 3.63) is 59.2 Å². The number of hydrogen-bond donors (Lipinski definition) is 1. The average Bonchev–Trinajstić information content (AvgIpc) is 3.03. The highest BCUT2D eigenvalue weighted by Gasteiger charge is 2.27. The van der Waals surface area contributed by atoms with Crippen LogP contribution in [0.15, 0.2) is 42.5 Å². The molecule has 0 saturated heterocycles. The van der Waals surface area contributed by atoms with Crippen LogP contribution in [0.1, 0.15) is 34.3 Å². The van der Waals surface area contributed by atoms with Crippen molar-refractivity contribution in [2.75, 3.05) is 26.1 Å². The fourth-order valence-corrected chi connectivity index (χ4v) is 2.97. The van der Waals surface area contributed by atoms with Gasteiger partial charge in [-0.2, -0.15) is 0 Å². The van der Waals surface area contributed by atoms with Gasteiger partial charge in [-0.25, -0.2) is 4.79 Å². The maximum Gasteiger partial charge on any atom is 0.331 e. The Bertz CT molecular complexity index is 995. The van der Waals surface area contributed by atoms with E-state index in [9.17, 15) is 14.4 Å². The first-order chi connectivity index (χ1) is 13.9. The predicted molar refractivity (Wildman–Crippen MR) is 107 cm³/mol. The molecule has 0 fully saturated rings. The van der Waals surface area contributed by atoms with Crippen LogP contribution in [-0.4, -0.2) is 38.5 Å². The third kappa shape index (κ3) is 4.45. The Hall–Kier alpha value is -3.61. The first-order valence-corrected chi connectivity index (χ1v) is 8.97. The van der Waals surface area contributed by atoms with Gasteiger partial charge in [0.15, 0.2) is 12.4 Å². The maximum atomic E-state index is 12.3. The van der Waals surface area contributed by atoms with Crippen molar-refractivity contribution in [1.29, 1.82) is 0 Å². The number of ketones is 1. The third-order valence-electron chi connectivity index (χ3n) is 4.68. The normalized spacial score (nSPS) is 15.0. The van der Waals surface area contributed by atoms with Crippen LogP contribution in [-0.2, 0) is 14.3 Å². The summed E-state index contributed by atoms with van der Waals surface area (Å²) in [5, 5.41) is 2.75. The number of carbonyl (C=O) groups is 3. The molecule has 7 heteroatoms. The number of benzene rings is 2. The molecule has 0 aliphatic carbocycles. The highest BCUT2D eigenvalue weighted by Crippen LogP contribution is 2.32. The number of Topliss-reactive ketones (excluding diaryl/α,β-unsaturated/α-hetero) is 1. The Labute approximate surface area is 168 Å². The van der Waals surface area contributed by atoms with Crippen LogP contribution in [0.2, 0.25) is 0 Å². The second-order valence-corrected chi connectivity index (χ2v) is 6.49. The van der Waals surface area contributed by atoms with Gasteiger partial charge < -0.3 is 19.5 Å². The Morgan fingerprint density at radius 2 is 1.90 bits per heavy atom. The molecule has 0 aromatic heterocycles. The monoisotopic (exact) mass is 395 g/mol. The molecule has 0 saturated carbocycles. The van der Waals surface area contributed by atoms with E-state index in [2.05, 4.69) is 5.32 Å². The zero-order valence-corrected chi connectivity index (χ0v) is 16.4. The SMILES string of the molecule is COc1ccc(/C=C/C(=O)OCC(=O)c2ccc3c(c2)[C@H](C)C(=O)N3)c(OC)c1. The number of methoxy groups -OCH3 is 2. The Balaban J connectivity index is 1.61. The van der Waals surface area contributed by atoms with Crippen LogP contribution in [0, 0.1) is 0 Å². The minimum atomic E-state index is -0.650. The lowest BCUT2D eigenvalue weighted by atomic mass is 9.99. The summed E-state index contributed by atoms with van der Waals surface area (Å²) in [5.74, 6) is -0.240. The number of carbonyl (C=O) groups excluding carboxylic acids is 3. The number of esters is 1. The van der Waals surface area contributed by atoms with Crippen molar-refractivity contribution in [3.63, 3.8) is 0 Å². The molecule has 29 heavy (non-hydrogen) atoms. The van der Waals surface area contributed by atoms with Gasteiger partial charge in [-0.3, -0.25) is 9.59 Å². The fraction of sp³-hybridized carbons (Fsp3) is 0.227. The van der Waals surface area contributed by atoms with E-state index < -0.39 is 12.6 Å². The van der Waals surface area contributed by atoms with E-state index in [4.69, 9.17) is 14.2 Å². The van der Waals surface area contributed by atoms with Crippen molar-refractivity contribution in [2.24, 2.45) is 0 Å². The van der Waals surface area contributed by atoms with Gasteiger partial charge in [0.25, 0.3) is 0 Å². The first-order valence-electron chi connectivity index (χ1n) is 8.97. The van der Waals surface area contributed by atoms with Crippen LogP contribution in [0.25, 0.3) is 6.08 Å². The average molecular weight is 395 g/mol. The minimum absolute atomic E-state index is 0.102. The van der Waals surface area contributed by atoms with Gasteiger partial charge in [0.05, 0.1) is 20.1 Å². The van der Waals surface area contributed by atoms with Gasteiger partial charge >= 0.3 is 5.97 Å². The Kier molecular flexibility index (Phi) is 5.97. The molecule has 0 spiro atoms. The number of amides is 1. The molecular weight excluding hydrogens is 374 g/mol. The van der Waals surface area contributed by atoms with Crippen LogP contribution in [0.3, 0.4) is 0 Å². The highest BCUT2D eigenvalue weighted by atomic mass is 16.5. The second-order valence-electron chi connectivity index (χ2n) is 6.49. The molecule has 1 aliphatic rings. The van der Waals surface area contributed by atoms with Crippen molar-refractivity contribution >= 4 is 29.4 Å². The van der Waals surface area contributed by atoms with Gasteiger partial charge in [0.1, 0.15) is 11.5 Å². The first kappa shape index (κ1) is 20.1. The standard InChI is InChI=1S/C22H21NO6/c1-13-17-10-15(5-8-18(17)23-22(13)26)19(24)12-29-21(25)9-6-14-4-7-16(27-2)11-20(14)28-3/h4-11,13H,12H2,1-3H3,(H,23,26)/b9-6+/t13-/m0/s1. The van der Waals surface area contributed by atoms with E-state index in [0.29, 0.717) is 28.3 Å². The van der Waals surface area contributed by atoms with Gasteiger partial charge in [0.2, 0.25) is 5.91 Å². The summed E-state index contributed by atoms with van der Waals surface area (Å²) in [6.45, 7) is 1.38. The molecule has 1 amide bonds. The predicted octanol–water partition coefficient (Wildman–Crippen LogP) is 3.20. The van der Waals surface area contributed by atoms with Crippen molar-refractivity contribution in [1.82, 2.24) is 0 Å². The molecule has 0 unspecified atom stereocenters. The molecule has 1 atom stereocenters. The zero-order valence-electron chi connectivity index (χ0n) is 16.4. The summed E-state index contributed by atoms with van der Waals surface area (Å²) in [6.07, 6.45) is 2.77. The Morgan fingerprint density at radius 3 is 2.62 bits per heavy atom. The lowest BCUT2D eigenvalue weighted by molar-refractivity contribution is -0.136. The van der Waals surface area contributed by atoms with E-state index in [1.54, 1.807) is 56.5 Å². The van der Waals surface area contributed by atoms with Gasteiger partial charge in [0, 0.05) is 29.0 Å². The van der Waals surface area contributed by atoms with Gasteiger partial charge in [-0.05, 0) is 48.9 Å². The summed E-state index contributed by atoms with van der Waals surface area (Å²) in [6, 6.07) is 10.1. The quantitative estimate of drug-likeness (QED) is 0.440. The number of rotatable bonds is 7. The number of ether oxygens (including phenoxy) is 3. The minimum Gasteiger partial charge on any atom is -0.497 e. The molecular formula is C22H21NO6. The highest BCUT2D eigenvalue weighted by molar-refractivity contribution is 6.05. The number of hydrogen-bond acceptors (Lipinski definition) is 6. The third-order valence-corrected chi connectivity index (χ3v) is 4.68. The molecule has 0 radical (unpaired) electrons. The van der Waals surface area contributed by atoms with Crippen LogP contribution < -0.4 is 14.8 Å². The molecule has 3 rings (SSSR count). The molecule has 0 bridgehead atoms. The lowest BCUT2D eigenvalue weighted by Gasteiger charge is -2.07. The largest absolute Gasteiger partial charge is 0.497 e. The fourth-order valence-electron chi connectivity index (χ4n) is 2.97. The number of nitrogens with one attached hydrogen (secondary N) is 1. The van der Waals surface area contributed by atoms with E-state index in [-0.39, 0.29) is 17.6 Å². The van der Waals surface area contributed by atoms with Crippen molar-refractivity contribution in [2.45, 2.75) is 12.8 Å². The molecule has 2 aromatic carbocycles. The summed E-state index contributed by atoms with van der Waals surface area (Å²) >= 11 is 0. The lowest BCUT2D eigenvalue weighted by Crippen LogP contribution is -2.13. The molecule has 7 nitrogen and oxygen atoms in total. The molecule has 150 valence electrons. The summed E-state index contributed by atoms with van der Waals surface area (Å²) in [4.78, 5) is 36.0. The summed E-state index contributed by atoms with van der Waals surface area (Å²) in [7, 11) is 3.07. The smallest absolute Gasteiger partial charge is 0.331 e. The maximum absolute atomic E-state index is 12.3. The summed E-state index contributed by atoms with van der Waals surface area (Å²) in [5.41, 5.74) is 2.52. The van der Waals surface area contributed by atoms with Crippen LogP contribution in [0.4, 0.5) is 5.69 Å². The Morgan fingerprint density at radius 1 is 1.10 bits per heavy atom. The summed E-state index contributed by atoms with van der Waals surface area (Å²) < 4.78 is 15.4.